The molecule has 0 spiro atoms. The van der Waals surface area contributed by atoms with Crippen LogP contribution in [0.15, 0.2) is 60.9 Å². The van der Waals surface area contributed by atoms with E-state index >= 15 is 0 Å². The van der Waals surface area contributed by atoms with Crippen LogP contribution >= 0.6 is 0 Å². The highest BCUT2D eigenvalue weighted by molar-refractivity contribution is 5.74. The highest BCUT2D eigenvalue weighted by atomic mass is 16.6. The van der Waals surface area contributed by atoms with Crippen molar-refractivity contribution in [2.75, 3.05) is 6.61 Å². The van der Waals surface area contributed by atoms with Crippen LogP contribution in [-0.2, 0) is 16.0 Å². The van der Waals surface area contributed by atoms with Gasteiger partial charge in [-0.05, 0) is 61.6 Å². The summed E-state index contributed by atoms with van der Waals surface area (Å²) in [5, 5.41) is 0. The number of carbonyl (C=O) groups is 1. The van der Waals surface area contributed by atoms with E-state index in [1.165, 1.54) is 56.9 Å². The predicted octanol–water partition coefficient (Wildman–Crippen LogP) is 8.60. The standard InChI is InChI=1S/C33H44N2O3/c1-4-6-8-9-10-11-12-13-14-27-15-17-28(18-16-27)30-24-34-32(35-25-30)29-19-21-31(22-20-29)38-26(3)33(36)37-23-7-5-2/h15-22,24-26H,4-14,23H2,1-3H3. The SMILES string of the molecule is CCCCCCCCCCc1ccc(-c2cnc(-c3ccc(OC(C)C(=O)OCCCC)cc3)nc2)cc1. The normalized spacial score (nSPS) is 11.8. The number of hydrogen-bond donors (Lipinski definition) is 0. The van der Waals surface area contributed by atoms with Gasteiger partial charge in [0.05, 0.1) is 6.61 Å². The molecule has 1 atom stereocenters. The summed E-state index contributed by atoms with van der Waals surface area (Å²) in [5.74, 6) is 0.915. The molecule has 5 heteroatoms. The van der Waals surface area contributed by atoms with Crippen molar-refractivity contribution in [1.82, 2.24) is 9.97 Å². The van der Waals surface area contributed by atoms with E-state index in [0.29, 0.717) is 18.2 Å². The van der Waals surface area contributed by atoms with Gasteiger partial charge in [-0.25, -0.2) is 14.8 Å². The number of unbranched alkanes of at least 4 members (excludes halogenated alkanes) is 8. The van der Waals surface area contributed by atoms with Gasteiger partial charge in [-0.3, -0.25) is 0 Å². The smallest absolute Gasteiger partial charge is 0.347 e. The van der Waals surface area contributed by atoms with Gasteiger partial charge >= 0.3 is 5.97 Å². The van der Waals surface area contributed by atoms with Crippen LogP contribution in [0, 0.1) is 0 Å². The molecule has 0 amide bonds. The monoisotopic (exact) mass is 516 g/mol. The highest BCUT2D eigenvalue weighted by Crippen LogP contribution is 2.24. The Hall–Kier alpha value is -3.21. The van der Waals surface area contributed by atoms with Crippen LogP contribution in [-0.4, -0.2) is 28.6 Å². The molecule has 38 heavy (non-hydrogen) atoms. The molecule has 1 heterocycles. The average Bonchev–Trinajstić information content (AvgIpc) is 2.95. The third-order valence-corrected chi connectivity index (χ3v) is 6.76. The van der Waals surface area contributed by atoms with Crippen molar-refractivity contribution in [1.29, 1.82) is 0 Å². The van der Waals surface area contributed by atoms with E-state index in [1.54, 1.807) is 6.92 Å². The molecule has 204 valence electrons. The maximum absolute atomic E-state index is 12.0. The quantitative estimate of drug-likeness (QED) is 0.133. The maximum atomic E-state index is 12.0. The van der Waals surface area contributed by atoms with Gasteiger partial charge in [-0.15, -0.1) is 0 Å². The Morgan fingerprint density at radius 2 is 1.29 bits per heavy atom. The Balaban J connectivity index is 1.46. The van der Waals surface area contributed by atoms with E-state index in [9.17, 15) is 4.79 Å². The summed E-state index contributed by atoms with van der Waals surface area (Å²) in [6, 6.07) is 16.2. The first-order chi connectivity index (χ1) is 18.6. The molecule has 0 N–H and O–H groups in total. The summed E-state index contributed by atoms with van der Waals surface area (Å²) in [6.07, 6.45) is 16.9. The minimum absolute atomic E-state index is 0.345. The second kappa shape index (κ2) is 16.6. The Morgan fingerprint density at radius 3 is 1.92 bits per heavy atom. The third-order valence-electron chi connectivity index (χ3n) is 6.76. The first-order valence-corrected chi connectivity index (χ1v) is 14.5. The van der Waals surface area contributed by atoms with Gasteiger partial charge in [-0.2, -0.15) is 0 Å². The van der Waals surface area contributed by atoms with E-state index in [2.05, 4.69) is 48.1 Å². The van der Waals surface area contributed by atoms with Crippen molar-refractivity contribution < 1.29 is 14.3 Å². The van der Waals surface area contributed by atoms with Crippen LogP contribution < -0.4 is 4.74 Å². The fourth-order valence-corrected chi connectivity index (χ4v) is 4.32. The lowest BCUT2D eigenvalue weighted by atomic mass is 10.0. The molecule has 0 aliphatic rings. The second-order valence-electron chi connectivity index (χ2n) is 10.0. The molecule has 0 fully saturated rings. The summed E-state index contributed by atoms with van der Waals surface area (Å²) < 4.78 is 10.9. The first-order valence-electron chi connectivity index (χ1n) is 14.5. The topological polar surface area (TPSA) is 61.3 Å². The van der Waals surface area contributed by atoms with Crippen molar-refractivity contribution in [2.45, 2.75) is 97.5 Å². The van der Waals surface area contributed by atoms with Gasteiger partial charge in [0.2, 0.25) is 0 Å². The molecule has 2 aromatic carbocycles. The van der Waals surface area contributed by atoms with Crippen LogP contribution in [0.2, 0.25) is 0 Å². The molecular formula is C33H44N2O3. The molecule has 1 unspecified atom stereocenters. The van der Waals surface area contributed by atoms with Gasteiger partial charge < -0.3 is 9.47 Å². The fourth-order valence-electron chi connectivity index (χ4n) is 4.32. The zero-order valence-corrected chi connectivity index (χ0v) is 23.5. The van der Waals surface area contributed by atoms with Crippen LogP contribution in [0.4, 0.5) is 0 Å². The molecule has 3 aromatic rings. The minimum Gasteiger partial charge on any atom is -0.479 e. The van der Waals surface area contributed by atoms with E-state index in [-0.39, 0.29) is 5.97 Å². The summed E-state index contributed by atoms with van der Waals surface area (Å²) >= 11 is 0. The number of rotatable bonds is 17. The number of carbonyl (C=O) groups excluding carboxylic acids is 1. The van der Waals surface area contributed by atoms with Gasteiger partial charge in [0, 0.05) is 23.5 Å². The first kappa shape index (κ1) is 29.3. The molecular weight excluding hydrogens is 472 g/mol. The van der Waals surface area contributed by atoms with Crippen LogP contribution in [0.5, 0.6) is 5.75 Å². The van der Waals surface area contributed by atoms with Crippen LogP contribution in [0.3, 0.4) is 0 Å². The van der Waals surface area contributed by atoms with Crippen LogP contribution in [0.1, 0.15) is 90.5 Å². The molecule has 0 bridgehead atoms. The number of esters is 1. The van der Waals surface area contributed by atoms with Crippen molar-refractivity contribution in [3.8, 4) is 28.3 Å². The molecule has 0 saturated heterocycles. The predicted molar refractivity (Wildman–Crippen MR) is 155 cm³/mol. The minimum atomic E-state index is -0.653. The average molecular weight is 517 g/mol. The lowest BCUT2D eigenvalue weighted by molar-refractivity contribution is -0.151. The third kappa shape index (κ3) is 9.92. The Labute approximate surface area is 229 Å². The Morgan fingerprint density at radius 1 is 0.711 bits per heavy atom. The number of aromatic nitrogens is 2. The van der Waals surface area contributed by atoms with E-state index in [4.69, 9.17) is 9.47 Å². The molecule has 5 nitrogen and oxygen atoms in total. The zero-order valence-electron chi connectivity index (χ0n) is 23.5. The second-order valence-corrected chi connectivity index (χ2v) is 10.0. The van der Waals surface area contributed by atoms with Gasteiger partial charge in [0.25, 0.3) is 0 Å². The zero-order chi connectivity index (χ0) is 27.0. The van der Waals surface area contributed by atoms with Crippen molar-refractivity contribution in [2.24, 2.45) is 0 Å². The molecule has 0 saturated carbocycles. The maximum Gasteiger partial charge on any atom is 0.347 e. The number of benzene rings is 2. The van der Waals surface area contributed by atoms with E-state index in [1.807, 2.05) is 36.7 Å². The number of hydrogen-bond acceptors (Lipinski definition) is 5. The van der Waals surface area contributed by atoms with Crippen molar-refractivity contribution in [3.05, 3.63) is 66.5 Å². The molecule has 1 aromatic heterocycles. The van der Waals surface area contributed by atoms with E-state index < -0.39 is 6.10 Å². The summed E-state index contributed by atoms with van der Waals surface area (Å²) in [7, 11) is 0. The number of aryl methyl sites for hydroxylation is 1. The summed E-state index contributed by atoms with van der Waals surface area (Å²) in [5.41, 5.74) is 4.41. The van der Waals surface area contributed by atoms with Gasteiger partial charge in [0.15, 0.2) is 11.9 Å². The lowest BCUT2D eigenvalue weighted by Gasteiger charge is -2.14. The molecule has 3 rings (SSSR count). The van der Waals surface area contributed by atoms with Gasteiger partial charge in [-0.1, -0.05) is 89.5 Å². The van der Waals surface area contributed by atoms with Crippen molar-refractivity contribution in [3.63, 3.8) is 0 Å². The highest BCUT2D eigenvalue weighted by Gasteiger charge is 2.16. The molecule has 0 aliphatic heterocycles. The number of ether oxygens (including phenoxy) is 2. The molecule has 0 radical (unpaired) electrons. The van der Waals surface area contributed by atoms with E-state index in [0.717, 1.165) is 36.0 Å². The summed E-state index contributed by atoms with van der Waals surface area (Å²) in [6.45, 7) is 6.46. The van der Waals surface area contributed by atoms with Gasteiger partial charge in [0.1, 0.15) is 5.75 Å². The Bertz CT molecular complexity index is 1060. The summed E-state index contributed by atoms with van der Waals surface area (Å²) in [4.78, 5) is 21.2. The fraction of sp³-hybridized carbons (Fsp3) is 0.485. The van der Waals surface area contributed by atoms with Crippen molar-refractivity contribution >= 4 is 5.97 Å². The number of nitrogens with zero attached hydrogens (tertiary/aromatic N) is 2. The Kier molecular flexibility index (Phi) is 12.8. The van der Waals surface area contributed by atoms with Crippen LogP contribution in [0.25, 0.3) is 22.5 Å². The largest absolute Gasteiger partial charge is 0.479 e. The molecule has 0 aliphatic carbocycles. The lowest BCUT2D eigenvalue weighted by Crippen LogP contribution is -2.26.